The fourth-order valence-electron chi connectivity index (χ4n) is 3.86. The first-order valence-electron chi connectivity index (χ1n) is 9.98. The molecule has 0 spiro atoms. The van der Waals surface area contributed by atoms with E-state index in [0.717, 1.165) is 30.5 Å². The van der Waals surface area contributed by atoms with Crippen molar-refractivity contribution in [2.45, 2.75) is 52.2 Å². The van der Waals surface area contributed by atoms with E-state index in [-0.39, 0.29) is 24.7 Å². The van der Waals surface area contributed by atoms with Gasteiger partial charge in [0.1, 0.15) is 0 Å². The van der Waals surface area contributed by atoms with Crippen LogP contribution in [0.15, 0.2) is 30.5 Å². The van der Waals surface area contributed by atoms with Gasteiger partial charge in [0, 0.05) is 41.4 Å². The van der Waals surface area contributed by atoms with Gasteiger partial charge in [0.25, 0.3) is 0 Å². The average molecular weight is 386 g/mol. The quantitative estimate of drug-likeness (QED) is 0.649. The highest BCUT2D eigenvalue weighted by Gasteiger charge is 2.34. The lowest BCUT2D eigenvalue weighted by Gasteiger charge is -2.42. The molecule has 152 valence electrons. The van der Waals surface area contributed by atoms with Crippen LogP contribution in [0.1, 0.15) is 33.6 Å². The van der Waals surface area contributed by atoms with E-state index in [1.165, 1.54) is 5.52 Å². The number of fused-ring (bicyclic) bond motifs is 1. The Kier molecular flexibility index (Phi) is 6.24. The average Bonchev–Trinajstić information content (AvgIpc) is 2.97. The monoisotopic (exact) mass is 386 g/mol. The lowest BCUT2D eigenvalue weighted by molar-refractivity contribution is -0.139. The number of hydrogen-bond acceptors (Lipinski definition) is 3. The van der Waals surface area contributed by atoms with Crippen molar-refractivity contribution in [2.24, 2.45) is 5.92 Å². The van der Waals surface area contributed by atoms with Gasteiger partial charge in [-0.2, -0.15) is 0 Å². The molecule has 3 rings (SSSR count). The molecule has 0 radical (unpaired) electrons. The minimum absolute atomic E-state index is 0.0521. The number of carboxylic acids is 1. The summed E-state index contributed by atoms with van der Waals surface area (Å²) >= 11 is 0. The van der Waals surface area contributed by atoms with Crippen LogP contribution < -0.4 is 10.6 Å². The van der Waals surface area contributed by atoms with E-state index < -0.39 is 5.97 Å². The summed E-state index contributed by atoms with van der Waals surface area (Å²) in [5, 5.41) is 15.9. The summed E-state index contributed by atoms with van der Waals surface area (Å²) in [7, 11) is 0. The maximum Gasteiger partial charge on any atom is 0.319 e. The van der Waals surface area contributed by atoms with Gasteiger partial charge in [-0.3, -0.25) is 9.69 Å². The molecule has 0 bridgehead atoms. The summed E-state index contributed by atoms with van der Waals surface area (Å²) in [6.07, 6.45) is 3.65. The Bertz CT molecular complexity index is 839. The van der Waals surface area contributed by atoms with Gasteiger partial charge < -0.3 is 20.3 Å². The molecule has 1 aliphatic carbocycles. The third-order valence-corrected chi connectivity index (χ3v) is 5.30. The molecule has 28 heavy (non-hydrogen) atoms. The minimum Gasteiger partial charge on any atom is -0.480 e. The molecule has 1 fully saturated rings. The number of urea groups is 1. The van der Waals surface area contributed by atoms with E-state index in [9.17, 15) is 9.59 Å². The van der Waals surface area contributed by atoms with Crippen LogP contribution in [0, 0.1) is 5.92 Å². The molecule has 0 atom stereocenters. The number of carbonyl (C=O) groups excluding carboxylic acids is 1. The van der Waals surface area contributed by atoms with Gasteiger partial charge in [0.05, 0.1) is 6.54 Å². The fraction of sp³-hybridized carbons (Fsp3) is 0.524. The number of rotatable bonds is 8. The Morgan fingerprint density at radius 1 is 1.29 bits per heavy atom. The smallest absolute Gasteiger partial charge is 0.319 e. The normalized spacial score (nSPS) is 19.0. The molecule has 3 N–H and O–H groups in total. The van der Waals surface area contributed by atoms with E-state index in [4.69, 9.17) is 5.11 Å². The summed E-state index contributed by atoms with van der Waals surface area (Å²) in [5.41, 5.74) is 1.93. The van der Waals surface area contributed by atoms with Crippen LogP contribution >= 0.6 is 0 Å². The highest BCUT2D eigenvalue weighted by Crippen LogP contribution is 2.26. The van der Waals surface area contributed by atoms with Gasteiger partial charge in [0.2, 0.25) is 0 Å². The fourth-order valence-corrected chi connectivity index (χ4v) is 3.86. The van der Waals surface area contributed by atoms with Crippen LogP contribution in [0.5, 0.6) is 0 Å². The highest BCUT2D eigenvalue weighted by molar-refractivity contribution is 5.93. The van der Waals surface area contributed by atoms with Crippen molar-refractivity contribution < 1.29 is 14.7 Å². The molecule has 1 aliphatic rings. The summed E-state index contributed by atoms with van der Waals surface area (Å²) < 4.78 is 2.23. The second-order valence-electron chi connectivity index (χ2n) is 8.01. The van der Waals surface area contributed by atoms with Crippen LogP contribution in [0.3, 0.4) is 0 Å². The summed E-state index contributed by atoms with van der Waals surface area (Å²) in [5.74, 6) is -0.238. The van der Waals surface area contributed by atoms with Crippen molar-refractivity contribution in [1.29, 1.82) is 0 Å². The molecular weight excluding hydrogens is 356 g/mol. The number of anilines is 1. The van der Waals surface area contributed by atoms with Crippen molar-refractivity contribution in [2.75, 3.05) is 18.4 Å². The molecule has 2 amide bonds. The number of likely N-dealkylation sites (N-methyl/N-ethyl adjacent to an activating group) is 1. The van der Waals surface area contributed by atoms with Crippen LogP contribution in [0.4, 0.5) is 10.5 Å². The topological polar surface area (TPSA) is 86.6 Å². The van der Waals surface area contributed by atoms with Crippen molar-refractivity contribution in [3.8, 4) is 0 Å². The van der Waals surface area contributed by atoms with Crippen molar-refractivity contribution in [1.82, 2.24) is 14.8 Å². The van der Waals surface area contributed by atoms with Crippen LogP contribution in [0.2, 0.25) is 0 Å². The number of nitrogens with one attached hydrogen (secondary N) is 2. The Morgan fingerprint density at radius 2 is 2.04 bits per heavy atom. The number of aliphatic carboxylic acids is 1. The molecule has 0 unspecified atom stereocenters. The number of carbonyl (C=O) groups is 2. The Labute approximate surface area is 165 Å². The Morgan fingerprint density at radius 3 is 2.68 bits per heavy atom. The third kappa shape index (κ3) is 4.84. The molecular formula is C21H30N4O3. The van der Waals surface area contributed by atoms with Gasteiger partial charge in [-0.15, -0.1) is 0 Å². The maximum absolute atomic E-state index is 12.3. The van der Waals surface area contributed by atoms with E-state index in [0.29, 0.717) is 12.5 Å². The van der Waals surface area contributed by atoms with Gasteiger partial charge in [-0.25, -0.2) is 4.79 Å². The SMILES string of the molecule is CCN(CC(=O)O)C1CC(NC(=O)Nc2ccc3c(ccn3CC(C)C)c2)C1. The molecule has 1 saturated carbocycles. The van der Waals surface area contributed by atoms with Crippen molar-refractivity contribution in [3.63, 3.8) is 0 Å². The minimum atomic E-state index is -0.811. The number of nitrogens with zero attached hydrogens (tertiary/aromatic N) is 2. The Hall–Kier alpha value is -2.54. The van der Waals surface area contributed by atoms with Crippen LogP contribution in [-0.2, 0) is 11.3 Å². The summed E-state index contributed by atoms with van der Waals surface area (Å²) in [6, 6.07) is 8.11. The summed E-state index contributed by atoms with van der Waals surface area (Å²) in [4.78, 5) is 25.1. The largest absolute Gasteiger partial charge is 0.480 e. The number of benzene rings is 1. The molecule has 0 saturated heterocycles. The predicted octanol–water partition coefficient (Wildman–Crippen LogP) is 3.36. The second-order valence-corrected chi connectivity index (χ2v) is 8.01. The van der Waals surface area contributed by atoms with Crippen molar-refractivity contribution in [3.05, 3.63) is 30.5 Å². The zero-order chi connectivity index (χ0) is 20.3. The molecule has 0 aliphatic heterocycles. The number of carboxylic acid groups (broad SMARTS) is 1. The van der Waals surface area contributed by atoms with Gasteiger partial charge in [0.15, 0.2) is 0 Å². The number of hydrogen-bond donors (Lipinski definition) is 3. The lowest BCUT2D eigenvalue weighted by Crippen LogP contribution is -2.55. The second kappa shape index (κ2) is 8.65. The van der Waals surface area contributed by atoms with E-state index in [1.54, 1.807) is 0 Å². The maximum atomic E-state index is 12.3. The van der Waals surface area contributed by atoms with Crippen LogP contribution in [-0.4, -0.2) is 51.7 Å². The van der Waals surface area contributed by atoms with E-state index >= 15 is 0 Å². The molecule has 7 nitrogen and oxygen atoms in total. The first-order valence-corrected chi connectivity index (χ1v) is 9.98. The first-order chi connectivity index (χ1) is 13.4. The van der Waals surface area contributed by atoms with Gasteiger partial charge >= 0.3 is 12.0 Å². The molecule has 2 aromatic rings. The zero-order valence-corrected chi connectivity index (χ0v) is 16.8. The molecule has 1 aromatic carbocycles. The predicted molar refractivity (Wildman–Crippen MR) is 111 cm³/mol. The summed E-state index contributed by atoms with van der Waals surface area (Å²) in [6.45, 7) is 8.07. The molecule has 1 aromatic heterocycles. The number of aromatic nitrogens is 1. The Balaban J connectivity index is 1.51. The number of amides is 2. The third-order valence-electron chi connectivity index (χ3n) is 5.30. The zero-order valence-electron chi connectivity index (χ0n) is 16.8. The molecule has 7 heteroatoms. The van der Waals surface area contributed by atoms with Gasteiger partial charge in [-0.05, 0) is 49.6 Å². The van der Waals surface area contributed by atoms with Gasteiger partial charge in [-0.1, -0.05) is 20.8 Å². The first kappa shape index (κ1) is 20.2. The van der Waals surface area contributed by atoms with E-state index in [2.05, 4.69) is 41.3 Å². The van der Waals surface area contributed by atoms with Crippen molar-refractivity contribution >= 4 is 28.6 Å². The van der Waals surface area contributed by atoms with E-state index in [1.807, 2.05) is 30.0 Å². The lowest BCUT2D eigenvalue weighted by atomic mass is 9.85. The highest BCUT2D eigenvalue weighted by atomic mass is 16.4. The standard InChI is InChI=1S/C21H30N4O3/c1-4-24(13-20(26)27)18-10-17(11-18)23-21(28)22-16-5-6-19-15(9-16)7-8-25(19)12-14(2)3/h5-9,14,17-18H,4,10-13H2,1-3H3,(H,26,27)(H2,22,23,28). The van der Waals surface area contributed by atoms with Crippen LogP contribution in [0.25, 0.3) is 10.9 Å². The molecule has 1 heterocycles.